The zero-order chi connectivity index (χ0) is 19.8. The molecule has 2 aliphatic heterocycles. The largest absolute Gasteiger partial charge is 0.494 e. The molecule has 0 aliphatic carbocycles. The van der Waals surface area contributed by atoms with Gasteiger partial charge < -0.3 is 19.1 Å². The molecule has 146 valence electrons. The van der Waals surface area contributed by atoms with Gasteiger partial charge in [0.2, 0.25) is 0 Å². The monoisotopic (exact) mass is 398 g/mol. The number of nitrogens with zero attached hydrogens (tertiary/aromatic N) is 2. The third-order valence-electron chi connectivity index (χ3n) is 5.18. The zero-order valence-electron chi connectivity index (χ0n) is 16.1. The van der Waals surface area contributed by atoms with Crippen molar-refractivity contribution in [2.75, 3.05) is 25.7 Å². The van der Waals surface area contributed by atoms with Crippen molar-refractivity contribution in [3.8, 4) is 17.2 Å². The molecule has 2 aromatic rings. The van der Waals surface area contributed by atoms with Gasteiger partial charge in [-0.15, -0.1) is 0 Å². The quantitative estimate of drug-likeness (QED) is 0.721. The average Bonchev–Trinajstić information content (AvgIpc) is 2.96. The Balaban J connectivity index is 1.64. The van der Waals surface area contributed by atoms with Crippen LogP contribution in [0.1, 0.15) is 18.1 Å². The van der Waals surface area contributed by atoms with E-state index in [2.05, 4.69) is 0 Å². The number of anilines is 1. The fourth-order valence-electron chi connectivity index (χ4n) is 3.80. The number of rotatable bonds is 5. The van der Waals surface area contributed by atoms with Crippen LogP contribution in [0.2, 0.25) is 0 Å². The number of benzene rings is 2. The van der Waals surface area contributed by atoms with Crippen LogP contribution in [0.5, 0.6) is 17.2 Å². The molecule has 1 saturated heterocycles. The Morgan fingerprint density at radius 1 is 1.07 bits per heavy atom. The van der Waals surface area contributed by atoms with Gasteiger partial charge in [-0.3, -0.25) is 9.69 Å². The number of hydrogen-bond acceptors (Lipinski definition) is 5. The number of fused-ring (bicyclic) bond motifs is 2. The molecule has 6 nitrogen and oxygen atoms in total. The summed E-state index contributed by atoms with van der Waals surface area (Å²) in [7, 11) is 3.23. The molecule has 0 radical (unpaired) electrons. The van der Waals surface area contributed by atoms with Crippen LogP contribution < -0.4 is 19.1 Å². The minimum Gasteiger partial charge on any atom is -0.494 e. The molecule has 2 aliphatic rings. The van der Waals surface area contributed by atoms with E-state index < -0.39 is 0 Å². The van der Waals surface area contributed by atoms with Crippen molar-refractivity contribution in [1.29, 1.82) is 0 Å². The van der Waals surface area contributed by atoms with Crippen LogP contribution in [-0.4, -0.2) is 42.8 Å². The number of methoxy groups -OCH3 is 2. The highest BCUT2D eigenvalue weighted by Gasteiger charge is 2.45. The van der Waals surface area contributed by atoms with E-state index in [1.165, 1.54) is 0 Å². The highest BCUT2D eigenvalue weighted by Crippen LogP contribution is 2.38. The van der Waals surface area contributed by atoms with Gasteiger partial charge in [0.25, 0.3) is 5.91 Å². The summed E-state index contributed by atoms with van der Waals surface area (Å²) in [6, 6.07) is 11.1. The lowest BCUT2D eigenvalue weighted by molar-refractivity contribution is -0.120. The van der Waals surface area contributed by atoms with Gasteiger partial charge in [0, 0.05) is 13.0 Å². The summed E-state index contributed by atoms with van der Waals surface area (Å²) in [6.07, 6.45) is 0.586. The van der Waals surface area contributed by atoms with Crippen molar-refractivity contribution in [3.05, 3.63) is 47.5 Å². The summed E-state index contributed by atoms with van der Waals surface area (Å²) in [6.45, 7) is 3.10. The second-order valence-corrected chi connectivity index (χ2v) is 7.07. The third-order valence-corrected chi connectivity index (χ3v) is 5.60. The Morgan fingerprint density at radius 2 is 1.71 bits per heavy atom. The van der Waals surface area contributed by atoms with E-state index in [-0.39, 0.29) is 11.9 Å². The summed E-state index contributed by atoms with van der Waals surface area (Å²) in [4.78, 5) is 16.8. The molecule has 2 aromatic carbocycles. The molecule has 1 atom stereocenters. The molecule has 28 heavy (non-hydrogen) atoms. The smallest absolute Gasteiger partial charge is 0.256 e. The van der Waals surface area contributed by atoms with Crippen molar-refractivity contribution in [2.45, 2.75) is 25.9 Å². The van der Waals surface area contributed by atoms with E-state index in [0.717, 1.165) is 22.6 Å². The van der Waals surface area contributed by atoms with Gasteiger partial charge in [0.15, 0.2) is 16.6 Å². The van der Waals surface area contributed by atoms with Gasteiger partial charge in [0.05, 0.1) is 26.5 Å². The average molecular weight is 398 g/mol. The predicted octanol–water partition coefficient (Wildman–Crippen LogP) is 3.16. The molecule has 0 N–H and O–H groups in total. The van der Waals surface area contributed by atoms with Gasteiger partial charge in [-0.25, -0.2) is 0 Å². The van der Waals surface area contributed by atoms with Crippen molar-refractivity contribution in [1.82, 2.24) is 4.90 Å². The predicted molar refractivity (Wildman–Crippen MR) is 110 cm³/mol. The summed E-state index contributed by atoms with van der Waals surface area (Å²) in [5.41, 5.74) is 2.94. The van der Waals surface area contributed by atoms with Gasteiger partial charge in [-0.05, 0) is 66.7 Å². The number of ether oxygens (including phenoxy) is 3. The number of carbonyl (C=O) groups is 1. The van der Waals surface area contributed by atoms with Crippen molar-refractivity contribution in [3.63, 3.8) is 0 Å². The topological polar surface area (TPSA) is 51.2 Å². The van der Waals surface area contributed by atoms with Gasteiger partial charge in [-0.2, -0.15) is 0 Å². The van der Waals surface area contributed by atoms with E-state index in [1.807, 2.05) is 48.2 Å². The van der Waals surface area contributed by atoms with E-state index in [1.54, 1.807) is 19.1 Å². The van der Waals surface area contributed by atoms with E-state index >= 15 is 0 Å². The van der Waals surface area contributed by atoms with Crippen molar-refractivity contribution >= 4 is 28.9 Å². The van der Waals surface area contributed by atoms with Crippen LogP contribution in [0.4, 0.5) is 5.69 Å². The number of amides is 1. The molecule has 1 fully saturated rings. The highest BCUT2D eigenvalue weighted by atomic mass is 32.1. The SMILES string of the molecule is CCOc1ccc(N2C(=O)[C@@H]3Cc4cc(OC)c(OC)cc4CN3C2=S)cc1. The third kappa shape index (κ3) is 2.96. The standard InChI is InChI=1S/C21H22N2O4S/c1-4-27-16-7-5-15(6-8-16)23-20(24)17-9-13-10-18(25-2)19(26-3)11-14(13)12-22(17)21(23)28/h5-8,10-11,17H,4,9,12H2,1-3H3/t17-/m0/s1. The van der Waals surface area contributed by atoms with E-state index in [0.29, 0.717) is 36.2 Å². The van der Waals surface area contributed by atoms with Crippen LogP contribution in [0, 0.1) is 0 Å². The molecule has 0 bridgehead atoms. The van der Waals surface area contributed by atoms with Crippen LogP contribution in [0.25, 0.3) is 0 Å². The lowest BCUT2D eigenvalue weighted by Gasteiger charge is -2.31. The second kappa shape index (κ2) is 7.31. The van der Waals surface area contributed by atoms with Crippen LogP contribution in [-0.2, 0) is 17.8 Å². The minimum absolute atomic E-state index is 0.00500. The van der Waals surface area contributed by atoms with Crippen molar-refractivity contribution < 1.29 is 19.0 Å². The molecule has 0 unspecified atom stereocenters. The molecular weight excluding hydrogens is 376 g/mol. The van der Waals surface area contributed by atoms with Gasteiger partial charge in [0.1, 0.15) is 11.8 Å². The minimum atomic E-state index is -0.301. The van der Waals surface area contributed by atoms with Crippen LogP contribution in [0.3, 0.4) is 0 Å². The summed E-state index contributed by atoms with van der Waals surface area (Å²) in [5.74, 6) is 2.12. The number of hydrogen-bond donors (Lipinski definition) is 0. The first-order chi connectivity index (χ1) is 13.6. The first-order valence-corrected chi connectivity index (χ1v) is 9.59. The Labute approximate surface area is 169 Å². The number of carbonyl (C=O) groups excluding carboxylic acids is 1. The molecule has 0 spiro atoms. The molecule has 0 saturated carbocycles. The Morgan fingerprint density at radius 3 is 2.32 bits per heavy atom. The summed E-state index contributed by atoms with van der Waals surface area (Å²) in [5, 5.41) is 0.527. The Bertz CT molecular complexity index is 878. The molecule has 0 aromatic heterocycles. The summed E-state index contributed by atoms with van der Waals surface area (Å²) < 4.78 is 16.3. The Hall–Kier alpha value is -2.80. The molecule has 1 amide bonds. The van der Waals surface area contributed by atoms with Crippen molar-refractivity contribution in [2.24, 2.45) is 0 Å². The van der Waals surface area contributed by atoms with E-state index in [9.17, 15) is 4.79 Å². The number of thiocarbonyl (C=S) groups is 1. The molecule has 4 rings (SSSR count). The first kappa shape index (κ1) is 18.6. The van der Waals surface area contributed by atoms with Crippen LogP contribution >= 0.6 is 12.2 Å². The first-order valence-electron chi connectivity index (χ1n) is 9.18. The molecule has 2 heterocycles. The Kier molecular flexibility index (Phi) is 4.85. The van der Waals surface area contributed by atoms with Gasteiger partial charge in [-0.1, -0.05) is 0 Å². The fourth-order valence-corrected chi connectivity index (χ4v) is 4.19. The fraction of sp³-hybridized carbons (Fsp3) is 0.333. The lowest BCUT2D eigenvalue weighted by atomic mass is 9.94. The maximum Gasteiger partial charge on any atom is 0.256 e. The van der Waals surface area contributed by atoms with Gasteiger partial charge >= 0.3 is 0 Å². The van der Waals surface area contributed by atoms with Crippen LogP contribution in [0.15, 0.2) is 36.4 Å². The zero-order valence-corrected chi connectivity index (χ0v) is 16.9. The molecule has 7 heteroatoms. The molecular formula is C21H22N2O4S. The lowest BCUT2D eigenvalue weighted by Crippen LogP contribution is -2.40. The highest BCUT2D eigenvalue weighted by molar-refractivity contribution is 7.80. The summed E-state index contributed by atoms with van der Waals surface area (Å²) >= 11 is 5.66. The van der Waals surface area contributed by atoms with E-state index in [4.69, 9.17) is 26.4 Å². The maximum atomic E-state index is 13.2. The maximum absolute atomic E-state index is 13.2. The second-order valence-electron chi connectivity index (χ2n) is 6.71. The normalized spacial score (nSPS) is 18.0.